The van der Waals surface area contributed by atoms with Gasteiger partial charge in [-0.25, -0.2) is 18.1 Å². The number of aromatic nitrogens is 3. The molecule has 7 nitrogen and oxygen atoms in total. The maximum Gasteiger partial charge on any atom is 0.240 e. The number of H-pyrrole nitrogens is 1. The van der Waals surface area contributed by atoms with E-state index in [4.69, 9.17) is 5.73 Å². The third-order valence-electron chi connectivity index (χ3n) is 2.40. The van der Waals surface area contributed by atoms with Gasteiger partial charge in [0.25, 0.3) is 0 Å². The normalized spacial score (nSPS) is 11.6. The number of nitrogens with zero attached hydrogens (tertiary/aromatic N) is 2. The fourth-order valence-corrected chi connectivity index (χ4v) is 2.74. The van der Waals surface area contributed by atoms with Crippen molar-refractivity contribution in [1.82, 2.24) is 19.9 Å². The molecule has 1 heterocycles. The third-order valence-corrected chi connectivity index (χ3v) is 4.58. The predicted molar refractivity (Wildman–Crippen MR) is 73.8 cm³/mol. The van der Waals surface area contributed by atoms with Gasteiger partial charge in [0.2, 0.25) is 10.0 Å². The van der Waals surface area contributed by atoms with Crippen LogP contribution in [0.15, 0.2) is 33.9 Å². The van der Waals surface area contributed by atoms with E-state index in [0.717, 1.165) is 0 Å². The molecule has 0 atom stereocenters. The molecule has 2 aromatic rings. The van der Waals surface area contributed by atoms with Crippen molar-refractivity contribution < 1.29 is 8.42 Å². The molecule has 0 aliphatic rings. The summed E-state index contributed by atoms with van der Waals surface area (Å²) < 4.78 is 27.1. The lowest BCUT2D eigenvalue weighted by Gasteiger charge is -2.07. The number of hydrogen-bond donors (Lipinski definition) is 3. The molecule has 0 amide bonds. The number of aromatic amines is 1. The second-order valence-corrected chi connectivity index (χ2v) is 6.38. The summed E-state index contributed by atoms with van der Waals surface area (Å²) >= 11 is 3.22. The van der Waals surface area contributed by atoms with Crippen LogP contribution in [-0.4, -0.2) is 30.1 Å². The number of halogens is 1. The minimum absolute atomic E-state index is 0.130. The molecule has 0 fully saturated rings. The van der Waals surface area contributed by atoms with Gasteiger partial charge in [0, 0.05) is 23.1 Å². The second kappa shape index (κ2) is 5.68. The van der Waals surface area contributed by atoms with E-state index in [2.05, 4.69) is 35.8 Å². The highest BCUT2D eigenvalue weighted by Crippen LogP contribution is 2.22. The maximum atomic E-state index is 12.0. The standard InChI is InChI=1S/C10H12BrN5O2S/c11-8-2-1-7(5-9(8)12)19(17,18)15-4-3-10-13-6-14-16-10/h1-2,5-6,15H,3-4,12H2,(H,13,14,16). The topological polar surface area (TPSA) is 114 Å². The average molecular weight is 346 g/mol. The van der Waals surface area contributed by atoms with E-state index in [1.165, 1.54) is 18.5 Å². The van der Waals surface area contributed by atoms with Crippen molar-refractivity contribution in [3.63, 3.8) is 0 Å². The lowest BCUT2D eigenvalue weighted by Crippen LogP contribution is -2.26. The van der Waals surface area contributed by atoms with Gasteiger partial charge in [-0.3, -0.25) is 5.10 Å². The number of anilines is 1. The summed E-state index contributed by atoms with van der Waals surface area (Å²) in [6.07, 6.45) is 1.81. The van der Waals surface area contributed by atoms with Crippen molar-refractivity contribution in [2.75, 3.05) is 12.3 Å². The lowest BCUT2D eigenvalue weighted by molar-refractivity contribution is 0.581. The zero-order valence-corrected chi connectivity index (χ0v) is 12.2. The van der Waals surface area contributed by atoms with Crippen molar-refractivity contribution in [3.8, 4) is 0 Å². The summed E-state index contributed by atoms with van der Waals surface area (Å²) in [7, 11) is -3.57. The zero-order chi connectivity index (χ0) is 13.9. The lowest BCUT2D eigenvalue weighted by atomic mass is 10.3. The van der Waals surface area contributed by atoms with E-state index >= 15 is 0 Å². The Morgan fingerprint density at radius 3 is 2.84 bits per heavy atom. The summed E-state index contributed by atoms with van der Waals surface area (Å²) in [5.74, 6) is 0.623. The Hall–Kier alpha value is -1.45. The Labute approximate surface area is 118 Å². The van der Waals surface area contributed by atoms with Gasteiger partial charge < -0.3 is 5.73 Å². The van der Waals surface area contributed by atoms with Crippen LogP contribution in [0.2, 0.25) is 0 Å². The second-order valence-electron chi connectivity index (χ2n) is 3.76. The van der Waals surface area contributed by atoms with Crippen LogP contribution >= 0.6 is 15.9 Å². The quantitative estimate of drug-likeness (QED) is 0.689. The summed E-state index contributed by atoms with van der Waals surface area (Å²) in [6, 6.07) is 4.48. The Bertz CT molecular complexity index is 657. The Morgan fingerprint density at radius 2 is 2.21 bits per heavy atom. The van der Waals surface area contributed by atoms with Crippen LogP contribution in [0.4, 0.5) is 5.69 Å². The highest BCUT2D eigenvalue weighted by Gasteiger charge is 2.14. The van der Waals surface area contributed by atoms with E-state index in [9.17, 15) is 8.42 Å². The van der Waals surface area contributed by atoms with E-state index in [1.54, 1.807) is 6.07 Å². The molecule has 0 unspecified atom stereocenters. The molecule has 1 aromatic heterocycles. The maximum absolute atomic E-state index is 12.0. The number of hydrogen-bond acceptors (Lipinski definition) is 5. The van der Waals surface area contributed by atoms with Crippen molar-refractivity contribution in [2.45, 2.75) is 11.3 Å². The van der Waals surface area contributed by atoms with E-state index in [1.807, 2.05) is 0 Å². The first-order valence-electron chi connectivity index (χ1n) is 5.38. The molecule has 0 saturated carbocycles. The van der Waals surface area contributed by atoms with Crippen molar-refractivity contribution in [3.05, 3.63) is 34.8 Å². The third kappa shape index (κ3) is 3.52. The van der Waals surface area contributed by atoms with Crippen molar-refractivity contribution >= 4 is 31.6 Å². The molecule has 0 aliphatic carbocycles. The van der Waals surface area contributed by atoms with Crippen LogP contribution < -0.4 is 10.5 Å². The Morgan fingerprint density at radius 1 is 1.42 bits per heavy atom. The SMILES string of the molecule is Nc1cc(S(=O)(=O)NCCc2ncn[nH]2)ccc1Br. The zero-order valence-electron chi connectivity index (χ0n) is 9.80. The van der Waals surface area contributed by atoms with Gasteiger partial charge in [-0.05, 0) is 34.1 Å². The molecule has 1 aromatic carbocycles. The first-order valence-corrected chi connectivity index (χ1v) is 7.65. The van der Waals surface area contributed by atoms with E-state index in [0.29, 0.717) is 22.4 Å². The van der Waals surface area contributed by atoms with E-state index < -0.39 is 10.0 Å². The van der Waals surface area contributed by atoms with Crippen LogP contribution in [0.25, 0.3) is 0 Å². The van der Waals surface area contributed by atoms with Gasteiger partial charge in [-0.15, -0.1) is 0 Å². The number of benzene rings is 1. The molecule has 0 radical (unpaired) electrons. The van der Waals surface area contributed by atoms with Gasteiger partial charge in [0.1, 0.15) is 12.2 Å². The van der Waals surface area contributed by atoms with Crippen LogP contribution in [0, 0.1) is 0 Å². The molecule has 0 bridgehead atoms. The summed E-state index contributed by atoms with van der Waals surface area (Å²) in [6.45, 7) is 0.230. The number of nitrogen functional groups attached to an aromatic ring is 1. The summed E-state index contributed by atoms with van der Waals surface area (Å²) in [5, 5.41) is 6.34. The highest BCUT2D eigenvalue weighted by molar-refractivity contribution is 9.10. The Balaban J connectivity index is 2.03. The van der Waals surface area contributed by atoms with E-state index in [-0.39, 0.29) is 11.4 Å². The molecule has 102 valence electrons. The predicted octanol–water partition coefficient (Wildman–Crippen LogP) is 0.670. The molecule has 0 saturated heterocycles. The number of rotatable bonds is 5. The van der Waals surface area contributed by atoms with Gasteiger partial charge in [0.05, 0.1) is 4.90 Å². The van der Waals surface area contributed by atoms with Gasteiger partial charge in [-0.1, -0.05) is 0 Å². The van der Waals surface area contributed by atoms with Gasteiger partial charge in [-0.2, -0.15) is 5.10 Å². The molecule has 4 N–H and O–H groups in total. The first-order chi connectivity index (χ1) is 8.99. The van der Waals surface area contributed by atoms with Gasteiger partial charge >= 0.3 is 0 Å². The van der Waals surface area contributed by atoms with Crippen molar-refractivity contribution in [2.24, 2.45) is 0 Å². The van der Waals surface area contributed by atoms with Crippen LogP contribution in [0.3, 0.4) is 0 Å². The minimum atomic E-state index is -3.57. The minimum Gasteiger partial charge on any atom is -0.398 e. The molecule has 0 aliphatic heterocycles. The summed E-state index contributed by atoms with van der Waals surface area (Å²) in [5.41, 5.74) is 6.03. The smallest absolute Gasteiger partial charge is 0.240 e. The molecular formula is C10H12BrN5O2S. The Kier molecular flexibility index (Phi) is 4.17. The molecule has 19 heavy (non-hydrogen) atoms. The highest BCUT2D eigenvalue weighted by atomic mass is 79.9. The van der Waals surface area contributed by atoms with Crippen LogP contribution in [0.1, 0.15) is 5.82 Å². The fourth-order valence-electron chi connectivity index (χ4n) is 1.43. The van der Waals surface area contributed by atoms with Crippen LogP contribution in [0.5, 0.6) is 0 Å². The number of nitrogens with two attached hydrogens (primary N) is 1. The number of sulfonamides is 1. The largest absolute Gasteiger partial charge is 0.398 e. The summed E-state index contributed by atoms with van der Waals surface area (Å²) in [4.78, 5) is 4.04. The molecular weight excluding hydrogens is 334 g/mol. The number of nitrogens with one attached hydrogen (secondary N) is 2. The van der Waals surface area contributed by atoms with Crippen molar-refractivity contribution in [1.29, 1.82) is 0 Å². The first kappa shape index (κ1) is 14.0. The molecule has 9 heteroatoms. The molecule has 2 rings (SSSR count). The average Bonchev–Trinajstić information content (AvgIpc) is 2.85. The van der Waals surface area contributed by atoms with Gasteiger partial charge in [0.15, 0.2) is 0 Å². The fraction of sp³-hybridized carbons (Fsp3) is 0.200. The monoisotopic (exact) mass is 345 g/mol. The molecule has 0 spiro atoms. The van der Waals surface area contributed by atoms with Crippen LogP contribution in [-0.2, 0) is 16.4 Å².